The summed E-state index contributed by atoms with van der Waals surface area (Å²) in [6.07, 6.45) is 0. The second kappa shape index (κ2) is 5.01. The van der Waals surface area contributed by atoms with Crippen LogP contribution < -0.4 is 4.74 Å². The molecule has 0 saturated heterocycles. The largest absolute Gasteiger partial charge is 0.457 e. The van der Waals surface area contributed by atoms with E-state index in [-0.39, 0.29) is 6.61 Å². The van der Waals surface area contributed by atoms with Crippen molar-refractivity contribution in [2.24, 2.45) is 0 Å². The van der Waals surface area contributed by atoms with E-state index in [1.165, 1.54) is 0 Å². The second-order valence-electron chi connectivity index (χ2n) is 3.32. The molecule has 2 aromatic rings. The monoisotopic (exact) mass is 234 g/mol. The molecule has 1 N–H and O–H groups in total. The number of halogens is 1. The fourth-order valence-electron chi connectivity index (χ4n) is 1.36. The molecule has 3 heteroatoms. The van der Waals surface area contributed by atoms with Crippen molar-refractivity contribution in [3.63, 3.8) is 0 Å². The molecule has 0 bridgehead atoms. The molecule has 0 aliphatic rings. The van der Waals surface area contributed by atoms with Crippen LogP contribution in [0.3, 0.4) is 0 Å². The Hall–Kier alpha value is -1.51. The first-order valence-corrected chi connectivity index (χ1v) is 5.29. The number of para-hydroxylation sites is 1. The van der Waals surface area contributed by atoms with Gasteiger partial charge in [-0.05, 0) is 30.3 Å². The number of aliphatic hydroxyl groups is 1. The third-order valence-corrected chi connectivity index (χ3v) is 2.44. The average molecular weight is 235 g/mol. The molecule has 0 heterocycles. The van der Waals surface area contributed by atoms with Crippen LogP contribution >= 0.6 is 11.6 Å². The molecule has 0 amide bonds. The number of hydrogen-bond acceptors (Lipinski definition) is 2. The summed E-state index contributed by atoms with van der Waals surface area (Å²) in [5.74, 6) is 1.36. The molecule has 2 nitrogen and oxygen atoms in total. The first-order chi connectivity index (χ1) is 7.79. The highest BCUT2D eigenvalue weighted by atomic mass is 35.5. The maximum absolute atomic E-state index is 9.14. The van der Waals surface area contributed by atoms with Crippen LogP contribution in [-0.2, 0) is 6.61 Å². The molecule has 82 valence electrons. The Bertz CT molecular complexity index is 466. The highest BCUT2D eigenvalue weighted by Gasteiger charge is 2.02. The van der Waals surface area contributed by atoms with Gasteiger partial charge in [-0.25, -0.2) is 0 Å². The zero-order valence-electron chi connectivity index (χ0n) is 8.56. The van der Waals surface area contributed by atoms with Crippen LogP contribution in [0.25, 0.3) is 0 Å². The lowest BCUT2D eigenvalue weighted by atomic mass is 10.2. The first-order valence-electron chi connectivity index (χ1n) is 4.92. The molecule has 0 saturated carbocycles. The van der Waals surface area contributed by atoms with Gasteiger partial charge in [0.05, 0.1) is 6.61 Å². The molecule has 0 aliphatic carbocycles. The van der Waals surface area contributed by atoms with Crippen LogP contribution in [0.1, 0.15) is 5.56 Å². The molecule has 0 fully saturated rings. The van der Waals surface area contributed by atoms with Crippen LogP contribution in [-0.4, -0.2) is 5.11 Å². The molecule has 0 spiro atoms. The molecule has 2 aromatic carbocycles. The summed E-state index contributed by atoms with van der Waals surface area (Å²) < 4.78 is 5.64. The van der Waals surface area contributed by atoms with Crippen molar-refractivity contribution >= 4 is 11.6 Å². The molecule has 0 unspecified atom stereocenters. The highest BCUT2D eigenvalue weighted by Crippen LogP contribution is 2.26. The van der Waals surface area contributed by atoms with Gasteiger partial charge in [0.25, 0.3) is 0 Å². The maximum atomic E-state index is 9.14. The summed E-state index contributed by atoms with van der Waals surface area (Å²) in [5.41, 5.74) is 0.762. The molecule has 0 atom stereocenters. The Morgan fingerprint density at radius 1 is 1.00 bits per heavy atom. The van der Waals surface area contributed by atoms with Crippen molar-refractivity contribution in [1.82, 2.24) is 0 Å². The number of rotatable bonds is 3. The number of ether oxygens (including phenoxy) is 1. The fourth-order valence-corrected chi connectivity index (χ4v) is 1.49. The van der Waals surface area contributed by atoms with Gasteiger partial charge in [0.15, 0.2) is 0 Å². The van der Waals surface area contributed by atoms with Crippen molar-refractivity contribution in [3.8, 4) is 11.5 Å². The first kappa shape index (κ1) is 11.0. The molecule has 0 radical (unpaired) electrons. The molecule has 16 heavy (non-hydrogen) atoms. The minimum atomic E-state index is -0.0379. The van der Waals surface area contributed by atoms with Crippen LogP contribution in [0.4, 0.5) is 0 Å². The zero-order chi connectivity index (χ0) is 11.4. The van der Waals surface area contributed by atoms with E-state index in [0.29, 0.717) is 16.5 Å². The van der Waals surface area contributed by atoms with Gasteiger partial charge in [0.1, 0.15) is 11.5 Å². The van der Waals surface area contributed by atoms with Crippen LogP contribution in [0.15, 0.2) is 48.5 Å². The number of benzene rings is 2. The third-order valence-electron chi connectivity index (χ3n) is 2.18. The summed E-state index contributed by atoms with van der Waals surface area (Å²) in [6, 6.07) is 14.5. The molecule has 0 aromatic heterocycles. The smallest absolute Gasteiger partial charge is 0.132 e. The van der Waals surface area contributed by atoms with E-state index in [0.717, 1.165) is 5.56 Å². The second-order valence-corrected chi connectivity index (χ2v) is 3.76. The Labute approximate surface area is 99.1 Å². The van der Waals surface area contributed by atoms with E-state index in [1.54, 1.807) is 24.3 Å². The molecule has 2 rings (SSSR count). The Kier molecular flexibility index (Phi) is 3.44. The Morgan fingerprint density at radius 3 is 2.38 bits per heavy atom. The highest BCUT2D eigenvalue weighted by molar-refractivity contribution is 6.30. The van der Waals surface area contributed by atoms with E-state index < -0.39 is 0 Å². The van der Waals surface area contributed by atoms with Crippen LogP contribution in [0.5, 0.6) is 11.5 Å². The van der Waals surface area contributed by atoms with E-state index >= 15 is 0 Å². The van der Waals surface area contributed by atoms with Gasteiger partial charge in [0, 0.05) is 10.6 Å². The van der Waals surface area contributed by atoms with E-state index in [4.69, 9.17) is 21.4 Å². The molecule has 0 aliphatic heterocycles. The van der Waals surface area contributed by atoms with Gasteiger partial charge in [-0.3, -0.25) is 0 Å². The van der Waals surface area contributed by atoms with Gasteiger partial charge in [-0.2, -0.15) is 0 Å². The van der Waals surface area contributed by atoms with Gasteiger partial charge in [-0.1, -0.05) is 29.8 Å². The van der Waals surface area contributed by atoms with Gasteiger partial charge >= 0.3 is 0 Å². The fraction of sp³-hybridized carbons (Fsp3) is 0.0769. The molecular weight excluding hydrogens is 224 g/mol. The number of hydrogen-bond donors (Lipinski definition) is 1. The van der Waals surface area contributed by atoms with E-state index in [2.05, 4.69) is 0 Å². The standard InChI is InChI=1S/C13H11ClO2/c14-11-5-7-12(8-6-11)16-13-4-2-1-3-10(13)9-15/h1-8,15H,9H2. The van der Waals surface area contributed by atoms with Crippen LogP contribution in [0, 0.1) is 0 Å². The summed E-state index contributed by atoms with van der Waals surface area (Å²) in [4.78, 5) is 0. The minimum Gasteiger partial charge on any atom is -0.457 e. The SMILES string of the molecule is OCc1ccccc1Oc1ccc(Cl)cc1. The minimum absolute atomic E-state index is 0.0379. The van der Waals surface area contributed by atoms with Crippen molar-refractivity contribution in [1.29, 1.82) is 0 Å². The van der Waals surface area contributed by atoms with E-state index in [9.17, 15) is 0 Å². The number of aliphatic hydroxyl groups excluding tert-OH is 1. The Morgan fingerprint density at radius 2 is 1.69 bits per heavy atom. The van der Waals surface area contributed by atoms with Crippen molar-refractivity contribution in [3.05, 3.63) is 59.1 Å². The summed E-state index contributed by atoms with van der Waals surface area (Å²) in [6.45, 7) is -0.0379. The van der Waals surface area contributed by atoms with Gasteiger partial charge < -0.3 is 9.84 Å². The third kappa shape index (κ3) is 2.54. The zero-order valence-corrected chi connectivity index (χ0v) is 9.32. The normalized spacial score (nSPS) is 10.1. The van der Waals surface area contributed by atoms with Gasteiger partial charge in [-0.15, -0.1) is 0 Å². The summed E-state index contributed by atoms with van der Waals surface area (Å²) >= 11 is 5.78. The van der Waals surface area contributed by atoms with E-state index in [1.807, 2.05) is 24.3 Å². The predicted molar refractivity (Wildman–Crippen MR) is 63.9 cm³/mol. The topological polar surface area (TPSA) is 29.5 Å². The van der Waals surface area contributed by atoms with Crippen molar-refractivity contribution in [2.75, 3.05) is 0 Å². The van der Waals surface area contributed by atoms with Gasteiger partial charge in [0.2, 0.25) is 0 Å². The average Bonchev–Trinajstić information content (AvgIpc) is 2.33. The summed E-state index contributed by atoms with van der Waals surface area (Å²) in [5, 5.41) is 9.81. The Balaban J connectivity index is 2.23. The lowest BCUT2D eigenvalue weighted by Gasteiger charge is -2.09. The van der Waals surface area contributed by atoms with Crippen LogP contribution in [0.2, 0.25) is 5.02 Å². The summed E-state index contributed by atoms with van der Waals surface area (Å²) in [7, 11) is 0. The maximum Gasteiger partial charge on any atom is 0.132 e. The lowest BCUT2D eigenvalue weighted by Crippen LogP contribution is -1.90. The lowest BCUT2D eigenvalue weighted by molar-refractivity contribution is 0.276. The quantitative estimate of drug-likeness (QED) is 0.879. The predicted octanol–water partition coefficient (Wildman–Crippen LogP) is 3.62. The molecular formula is C13H11ClO2. The van der Waals surface area contributed by atoms with Crippen molar-refractivity contribution < 1.29 is 9.84 Å². The van der Waals surface area contributed by atoms with Crippen molar-refractivity contribution in [2.45, 2.75) is 6.61 Å².